The smallest absolute Gasteiger partial charge is 0.240 e. The number of guanidine groups is 1. The van der Waals surface area contributed by atoms with E-state index < -0.39 is 10.0 Å². The van der Waals surface area contributed by atoms with Gasteiger partial charge in [0.1, 0.15) is 11.9 Å². The zero-order valence-corrected chi connectivity index (χ0v) is 21.9. The van der Waals surface area contributed by atoms with Gasteiger partial charge in [0.15, 0.2) is 5.96 Å². The lowest BCUT2D eigenvalue weighted by Gasteiger charge is -2.18. The van der Waals surface area contributed by atoms with Gasteiger partial charge in [-0.25, -0.2) is 18.1 Å². The molecule has 2 aromatic rings. The van der Waals surface area contributed by atoms with Crippen LogP contribution in [0.15, 0.2) is 58.4 Å². The Morgan fingerprint density at radius 1 is 1.12 bits per heavy atom. The van der Waals surface area contributed by atoms with Crippen molar-refractivity contribution in [3.8, 4) is 5.75 Å². The zero-order valence-electron chi connectivity index (χ0n) is 18.8. The Morgan fingerprint density at radius 2 is 1.81 bits per heavy atom. The molecule has 1 saturated carbocycles. The number of aliphatic imine (C=N–C) groups is 1. The summed E-state index contributed by atoms with van der Waals surface area (Å²) in [6.07, 6.45) is 1.80. The minimum atomic E-state index is -3.43. The van der Waals surface area contributed by atoms with Crippen LogP contribution in [0.3, 0.4) is 0 Å². The zero-order chi connectivity index (χ0) is 22.3. The molecule has 1 unspecified atom stereocenters. The first-order valence-electron chi connectivity index (χ1n) is 10.7. The molecule has 1 aliphatic carbocycles. The van der Waals surface area contributed by atoms with Crippen LogP contribution in [0.4, 0.5) is 0 Å². The number of ether oxygens (including phenoxy) is 1. The number of para-hydroxylation sites is 1. The van der Waals surface area contributed by atoms with Crippen LogP contribution in [0.2, 0.25) is 0 Å². The van der Waals surface area contributed by atoms with Crippen LogP contribution in [0.5, 0.6) is 5.75 Å². The van der Waals surface area contributed by atoms with Gasteiger partial charge in [-0.05, 0) is 62.9 Å². The second kappa shape index (κ2) is 12.4. The van der Waals surface area contributed by atoms with Crippen LogP contribution >= 0.6 is 24.0 Å². The third-order valence-corrected chi connectivity index (χ3v) is 6.41. The summed E-state index contributed by atoms with van der Waals surface area (Å²) in [4.78, 5) is 4.90. The molecule has 0 amide bonds. The Balaban J connectivity index is 0.00000363. The Bertz CT molecular complexity index is 993. The fraction of sp³-hybridized carbons (Fsp3) is 0.435. The molecular weight excluding hydrogens is 539 g/mol. The summed E-state index contributed by atoms with van der Waals surface area (Å²) in [5, 5.41) is 6.53. The summed E-state index contributed by atoms with van der Waals surface area (Å²) in [6.45, 7) is 7.83. The highest BCUT2D eigenvalue weighted by Crippen LogP contribution is 2.22. The van der Waals surface area contributed by atoms with Crippen molar-refractivity contribution in [2.75, 3.05) is 13.1 Å². The predicted molar refractivity (Wildman–Crippen MR) is 139 cm³/mol. The van der Waals surface area contributed by atoms with Crippen molar-refractivity contribution in [1.29, 1.82) is 0 Å². The van der Waals surface area contributed by atoms with Crippen molar-refractivity contribution >= 4 is 40.0 Å². The molecule has 1 aliphatic rings. The number of halogens is 1. The van der Waals surface area contributed by atoms with Gasteiger partial charge < -0.3 is 15.4 Å². The highest BCUT2D eigenvalue weighted by Gasteiger charge is 2.27. The fourth-order valence-electron chi connectivity index (χ4n) is 2.96. The molecule has 7 nitrogen and oxygen atoms in total. The maximum atomic E-state index is 12.3. The first-order valence-corrected chi connectivity index (χ1v) is 12.2. The van der Waals surface area contributed by atoms with Gasteiger partial charge in [0.25, 0.3) is 0 Å². The molecule has 32 heavy (non-hydrogen) atoms. The topological polar surface area (TPSA) is 91.8 Å². The lowest BCUT2D eigenvalue weighted by Crippen LogP contribution is -2.41. The van der Waals surface area contributed by atoms with E-state index in [0.29, 0.717) is 23.9 Å². The van der Waals surface area contributed by atoms with Gasteiger partial charge in [-0.2, -0.15) is 0 Å². The SMILES string of the molecule is CCNC(=NCc1ccc(S(=O)(=O)NC2CC2)cc1)NCC(C)Oc1ccccc1C.I. The van der Waals surface area contributed by atoms with Crippen molar-refractivity contribution in [2.45, 2.75) is 57.2 Å². The van der Waals surface area contributed by atoms with Crippen LogP contribution in [-0.4, -0.2) is 39.6 Å². The third kappa shape index (κ3) is 8.25. The van der Waals surface area contributed by atoms with E-state index in [4.69, 9.17) is 4.74 Å². The minimum Gasteiger partial charge on any atom is -0.489 e. The van der Waals surface area contributed by atoms with E-state index >= 15 is 0 Å². The summed E-state index contributed by atoms with van der Waals surface area (Å²) >= 11 is 0. The van der Waals surface area contributed by atoms with E-state index in [1.165, 1.54) is 0 Å². The van der Waals surface area contributed by atoms with Crippen molar-refractivity contribution in [3.05, 3.63) is 59.7 Å². The first kappa shape index (κ1) is 26.4. The number of benzene rings is 2. The number of nitrogens with zero attached hydrogens (tertiary/aromatic N) is 1. The summed E-state index contributed by atoms with van der Waals surface area (Å²) in [7, 11) is -3.43. The number of aryl methyl sites for hydroxylation is 1. The fourth-order valence-corrected chi connectivity index (χ4v) is 4.27. The molecule has 0 aliphatic heterocycles. The van der Waals surface area contributed by atoms with E-state index in [2.05, 4.69) is 20.3 Å². The summed E-state index contributed by atoms with van der Waals surface area (Å²) in [6, 6.07) is 14.9. The molecule has 0 heterocycles. The van der Waals surface area contributed by atoms with E-state index in [1.807, 2.05) is 45.0 Å². The highest BCUT2D eigenvalue weighted by atomic mass is 127. The van der Waals surface area contributed by atoms with Gasteiger partial charge in [0.05, 0.1) is 18.0 Å². The molecule has 0 spiro atoms. The molecule has 0 aromatic heterocycles. The lowest BCUT2D eigenvalue weighted by atomic mass is 10.2. The third-order valence-electron chi connectivity index (χ3n) is 4.88. The van der Waals surface area contributed by atoms with Crippen molar-refractivity contribution in [3.63, 3.8) is 0 Å². The average Bonchev–Trinajstić information content (AvgIpc) is 3.55. The second-order valence-electron chi connectivity index (χ2n) is 7.81. The van der Waals surface area contributed by atoms with Crippen molar-refractivity contribution in [2.24, 2.45) is 4.99 Å². The number of hydrogen-bond acceptors (Lipinski definition) is 4. The molecule has 3 N–H and O–H groups in total. The van der Waals surface area contributed by atoms with E-state index in [9.17, 15) is 8.42 Å². The Morgan fingerprint density at radius 3 is 2.44 bits per heavy atom. The summed E-state index contributed by atoms with van der Waals surface area (Å²) < 4.78 is 33.3. The number of nitrogens with one attached hydrogen (secondary N) is 3. The Hall–Kier alpha value is -1.85. The van der Waals surface area contributed by atoms with Crippen molar-refractivity contribution < 1.29 is 13.2 Å². The Labute approximate surface area is 208 Å². The Kier molecular flexibility index (Phi) is 10.2. The summed E-state index contributed by atoms with van der Waals surface area (Å²) in [5.41, 5.74) is 2.04. The van der Waals surface area contributed by atoms with Gasteiger partial charge in [0, 0.05) is 12.6 Å². The van der Waals surface area contributed by atoms with Gasteiger partial charge in [0.2, 0.25) is 10.0 Å². The molecule has 176 valence electrons. The number of hydrogen-bond donors (Lipinski definition) is 3. The molecule has 1 atom stereocenters. The van der Waals surface area contributed by atoms with Crippen LogP contribution in [0.1, 0.15) is 37.8 Å². The minimum absolute atomic E-state index is 0. The standard InChI is InChI=1S/C23H32N4O3S.HI/c1-4-24-23(25-15-18(3)30-22-8-6-5-7-17(22)2)26-16-19-9-13-21(14-10-19)31(28,29)27-20-11-12-20;/h5-10,13-14,18,20,27H,4,11-12,15-16H2,1-3H3,(H2,24,25,26);1H. The molecule has 0 bridgehead atoms. The molecule has 9 heteroatoms. The molecule has 3 rings (SSSR count). The highest BCUT2D eigenvalue weighted by molar-refractivity contribution is 14.0. The quantitative estimate of drug-likeness (QED) is 0.230. The predicted octanol–water partition coefficient (Wildman–Crippen LogP) is 3.58. The number of sulfonamides is 1. The van der Waals surface area contributed by atoms with Gasteiger partial charge >= 0.3 is 0 Å². The van der Waals surface area contributed by atoms with Gasteiger partial charge in [-0.1, -0.05) is 30.3 Å². The summed E-state index contributed by atoms with van der Waals surface area (Å²) in [5.74, 6) is 1.57. The van der Waals surface area contributed by atoms with Gasteiger partial charge in [-0.15, -0.1) is 24.0 Å². The van der Waals surface area contributed by atoms with Crippen LogP contribution in [0.25, 0.3) is 0 Å². The molecule has 2 aromatic carbocycles. The van der Waals surface area contributed by atoms with E-state index in [-0.39, 0.29) is 36.1 Å². The van der Waals surface area contributed by atoms with Crippen LogP contribution in [-0.2, 0) is 16.6 Å². The van der Waals surface area contributed by atoms with E-state index in [1.54, 1.807) is 24.3 Å². The first-order chi connectivity index (χ1) is 14.9. The molecule has 1 fully saturated rings. The maximum absolute atomic E-state index is 12.3. The molecule has 0 radical (unpaired) electrons. The van der Waals surface area contributed by atoms with Crippen LogP contribution in [0, 0.1) is 6.92 Å². The lowest BCUT2D eigenvalue weighted by molar-refractivity contribution is 0.222. The van der Waals surface area contributed by atoms with E-state index in [0.717, 1.165) is 36.3 Å². The van der Waals surface area contributed by atoms with Crippen molar-refractivity contribution in [1.82, 2.24) is 15.4 Å². The second-order valence-corrected chi connectivity index (χ2v) is 9.52. The largest absolute Gasteiger partial charge is 0.489 e. The normalized spacial score (nSPS) is 14.9. The van der Waals surface area contributed by atoms with Crippen LogP contribution < -0.4 is 20.1 Å². The average molecular weight is 573 g/mol. The molecular formula is C23H33IN4O3S. The molecule has 0 saturated heterocycles. The number of rotatable bonds is 10. The van der Waals surface area contributed by atoms with Gasteiger partial charge in [-0.3, -0.25) is 0 Å². The maximum Gasteiger partial charge on any atom is 0.240 e. The monoisotopic (exact) mass is 572 g/mol.